The Bertz CT molecular complexity index is 1610. The van der Waals surface area contributed by atoms with Crippen molar-refractivity contribution in [2.45, 2.75) is 77.4 Å². The Morgan fingerprint density at radius 2 is 1.42 bits per heavy atom. The number of hydrogen-bond acceptors (Lipinski definition) is 5. The Morgan fingerprint density at radius 1 is 0.844 bits per heavy atom. The van der Waals surface area contributed by atoms with E-state index in [1.54, 1.807) is 4.31 Å². The van der Waals surface area contributed by atoms with Gasteiger partial charge in [-0.15, -0.1) is 0 Å². The van der Waals surface area contributed by atoms with Crippen molar-refractivity contribution in [3.05, 3.63) is 120 Å². The summed E-state index contributed by atoms with van der Waals surface area (Å²) in [5, 5.41) is 0. The zero-order valence-electron chi connectivity index (χ0n) is 26.3. The first-order valence-electron chi connectivity index (χ1n) is 16.4. The molecule has 4 bridgehead atoms. The average Bonchev–Trinajstić information content (AvgIpc) is 3.75. The Balaban J connectivity index is 1.10. The van der Waals surface area contributed by atoms with E-state index in [9.17, 15) is 13.2 Å². The fraction of sp³-hybridized carbons (Fsp3) is 0.447. The highest BCUT2D eigenvalue weighted by Gasteiger charge is 2.67. The maximum absolute atomic E-state index is 14.4. The molecule has 2 saturated carbocycles. The largest absolute Gasteiger partial charge is 0.461 e. The van der Waals surface area contributed by atoms with E-state index in [1.807, 2.05) is 78.9 Å². The monoisotopic (exact) mass is 624 g/mol. The van der Waals surface area contributed by atoms with E-state index in [-0.39, 0.29) is 41.7 Å². The van der Waals surface area contributed by atoms with Gasteiger partial charge >= 0.3 is 5.97 Å². The molecule has 1 saturated heterocycles. The van der Waals surface area contributed by atoms with Crippen molar-refractivity contribution >= 4 is 16.0 Å². The molecular weight excluding hydrogens is 580 g/mol. The lowest BCUT2D eigenvalue weighted by atomic mass is 9.69. The molecule has 0 aromatic heterocycles. The van der Waals surface area contributed by atoms with E-state index >= 15 is 0 Å². The first-order chi connectivity index (χ1) is 21.7. The molecule has 4 aliphatic rings. The number of ether oxygens (including phenoxy) is 1. The minimum absolute atomic E-state index is 0.0475. The van der Waals surface area contributed by atoms with Gasteiger partial charge in [-0.05, 0) is 53.7 Å². The molecule has 7 heteroatoms. The number of rotatable bonds is 11. The fourth-order valence-electron chi connectivity index (χ4n) is 8.90. The Labute approximate surface area is 268 Å². The van der Waals surface area contributed by atoms with E-state index in [0.29, 0.717) is 19.6 Å². The number of nitrogens with zero attached hydrogens (tertiary/aromatic N) is 2. The number of esters is 1. The van der Waals surface area contributed by atoms with Crippen LogP contribution in [0.1, 0.15) is 56.2 Å². The van der Waals surface area contributed by atoms with Crippen LogP contribution in [0.3, 0.4) is 0 Å². The van der Waals surface area contributed by atoms with E-state index in [1.165, 1.54) is 5.56 Å². The SMILES string of the molecule is CC1(CS(=O)(=O)N(Cc2ccccc2)Cc2ccccc2)[C@@H]2CC[C@]1(C)[C@H](OC(=O)[C@@H]1[C@H]3C=C[C@H](C3)N1Cc1ccccc1)C2. The van der Waals surface area contributed by atoms with Gasteiger partial charge in [-0.2, -0.15) is 4.31 Å². The van der Waals surface area contributed by atoms with E-state index in [2.05, 4.69) is 43.0 Å². The zero-order valence-corrected chi connectivity index (χ0v) is 27.1. The molecule has 236 valence electrons. The fourth-order valence-corrected chi connectivity index (χ4v) is 11.1. The van der Waals surface area contributed by atoms with Crippen molar-refractivity contribution in [1.82, 2.24) is 9.21 Å². The summed E-state index contributed by atoms with van der Waals surface area (Å²) in [4.78, 5) is 16.3. The molecule has 3 aromatic carbocycles. The Morgan fingerprint density at radius 3 is 2.02 bits per heavy atom. The predicted octanol–water partition coefficient (Wildman–Crippen LogP) is 6.59. The highest BCUT2D eigenvalue weighted by Crippen LogP contribution is 2.67. The minimum Gasteiger partial charge on any atom is -0.461 e. The van der Waals surface area contributed by atoms with Gasteiger partial charge in [0.2, 0.25) is 10.0 Å². The summed E-state index contributed by atoms with van der Waals surface area (Å²) in [6, 6.07) is 29.9. The maximum Gasteiger partial charge on any atom is 0.324 e. The van der Waals surface area contributed by atoms with Crippen LogP contribution in [-0.2, 0) is 39.2 Å². The van der Waals surface area contributed by atoms with Gasteiger partial charge < -0.3 is 4.74 Å². The van der Waals surface area contributed by atoms with Crippen LogP contribution >= 0.6 is 0 Å². The predicted molar refractivity (Wildman–Crippen MR) is 176 cm³/mol. The quantitative estimate of drug-likeness (QED) is 0.178. The molecular formula is C38H44N2O4S. The highest BCUT2D eigenvalue weighted by molar-refractivity contribution is 7.89. The molecule has 3 aromatic rings. The van der Waals surface area contributed by atoms with E-state index < -0.39 is 20.9 Å². The third-order valence-electron chi connectivity index (χ3n) is 11.7. The third-order valence-corrected chi connectivity index (χ3v) is 13.7. The average molecular weight is 625 g/mol. The number of carbonyl (C=O) groups excluding carboxylic acids is 1. The van der Waals surface area contributed by atoms with Gasteiger partial charge in [0.1, 0.15) is 12.1 Å². The van der Waals surface area contributed by atoms with Crippen molar-refractivity contribution in [3.63, 3.8) is 0 Å². The molecule has 1 unspecified atom stereocenters. The first kappa shape index (κ1) is 30.4. The summed E-state index contributed by atoms with van der Waals surface area (Å²) in [5.41, 5.74) is 2.21. The van der Waals surface area contributed by atoms with Gasteiger partial charge in [0.25, 0.3) is 0 Å². The van der Waals surface area contributed by atoms with Gasteiger partial charge in [-0.3, -0.25) is 9.69 Å². The minimum atomic E-state index is -3.67. The molecule has 7 atom stereocenters. The number of fused-ring (bicyclic) bond motifs is 4. The van der Waals surface area contributed by atoms with Crippen molar-refractivity contribution < 1.29 is 17.9 Å². The number of likely N-dealkylation sites (tertiary alicyclic amines) is 1. The van der Waals surface area contributed by atoms with Crippen LogP contribution in [0.15, 0.2) is 103 Å². The van der Waals surface area contributed by atoms with Gasteiger partial charge in [0.05, 0.1) is 5.75 Å². The molecule has 45 heavy (non-hydrogen) atoms. The topological polar surface area (TPSA) is 66.9 Å². The molecule has 1 aliphatic heterocycles. The molecule has 6 nitrogen and oxygen atoms in total. The molecule has 1 heterocycles. The van der Waals surface area contributed by atoms with Crippen molar-refractivity contribution in [3.8, 4) is 0 Å². The van der Waals surface area contributed by atoms with Crippen molar-refractivity contribution in [2.24, 2.45) is 22.7 Å². The zero-order chi connectivity index (χ0) is 31.2. The normalized spacial score (nSPS) is 32.0. The summed E-state index contributed by atoms with van der Waals surface area (Å²) in [6.45, 7) is 5.67. The number of carbonyl (C=O) groups is 1. The molecule has 0 spiro atoms. The lowest BCUT2D eigenvalue weighted by molar-refractivity contribution is -0.163. The van der Waals surface area contributed by atoms with Gasteiger partial charge in [-0.25, -0.2) is 8.42 Å². The second kappa shape index (κ2) is 11.8. The van der Waals surface area contributed by atoms with Crippen LogP contribution in [-0.4, -0.2) is 47.5 Å². The molecule has 3 fully saturated rings. The van der Waals surface area contributed by atoms with Gasteiger partial charge in [0, 0.05) is 37.0 Å². The van der Waals surface area contributed by atoms with E-state index in [0.717, 1.165) is 36.8 Å². The summed E-state index contributed by atoms with van der Waals surface area (Å²) < 4.78 is 37.0. The Hall–Kier alpha value is -3.26. The lowest BCUT2D eigenvalue weighted by Crippen LogP contribution is -2.49. The standard InChI is InChI=1S/C38H44N2O4S/c1-37-21-20-32(23-34(37)44-36(41)35-31-18-19-33(22-31)40(35)26-30-16-10-5-11-17-30)38(37,2)27-45(42,43)39(24-28-12-6-3-7-13-28)25-29-14-8-4-9-15-29/h3-19,31-35H,20-27H2,1-2H3/t31-,32+,33+,34+,35-,37+,38?/m0/s1. The summed E-state index contributed by atoms with van der Waals surface area (Å²) in [5.74, 6) is 0.243. The summed E-state index contributed by atoms with van der Waals surface area (Å²) in [6.07, 6.45) is 7.63. The Kier molecular flexibility index (Phi) is 7.99. The first-order valence-corrected chi connectivity index (χ1v) is 18.0. The molecule has 0 amide bonds. The highest BCUT2D eigenvalue weighted by atomic mass is 32.2. The molecule has 0 N–H and O–H groups in total. The van der Waals surface area contributed by atoms with E-state index in [4.69, 9.17) is 4.74 Å². The number of hydrogen-bond donors (Lipinski definition) is 0. The van der Waals surface area contributed by atoms with Crippen LogP contribution in [0.25, 0.3) is 0 Å². The summed E-state index contributed by atoms with van der Waals surface area (Å²) >= 11 is 0. The second-order valence-corrected chi connectivity index (χ2v) is 16.2. The van der Waals surface area contributed by atoms with Crippen molar-refractivity contribution in [2.75, 3.05) is 5.75 Å². The van der Waals surface area contributed by atoms with Gasteiger partial charge in [-0.1, -0.05) is 117 Å². The van der Waals surface area contributed by atoms with Gasteiger partial charge in [0.15, 0.2) is 0 Å². The summed E-state index contributed by atoms with van der Waals surface area (Å²) in [7, 11) is -3.67. The smallest absolute Gasteiger partial charge is 0.324 e. The van der Waals surface area contributed by atoms with Crippen molar-refractivity contribution in [1.29, 1.82) is 0 Å². The number of benzene rings is 3. The number of sulfonamides is 1. The lowest BCUT2D eigenvalue weighted by Gasteiger charge is -2.42. The van der Waals surface area contributed by atoms with Crippen LogP contribution in [0, 0.1) is 22.7 Å². The molecule has 7 rings (SSSR count). The maximum atomic E-state index is 14.4. The van der Waals surface area contributed by atoms with Crippen LogP contribution < -0.4 is 0 Å². The third kappa shape index (κ3) is 5.57. The van der Waals surface area contributed by atoms with Crippen LogP contribution in [0.4, 0.5) is 0 Å². The molecule has 3 aliphatic carbocycles. The molecule has 0 radical (unpaired) electrons. The van der Waals surface area contributed by atoms with Crippen LogP contribution in [0.2, 0.25) is 0 Å². The van der Waals surface area contributed by atoms with Crippen LogP contribution in [0.5, 0.6) is 0 Å². The second-order valence-electron chi connectivity index (χ2n) is 14.2.